The number of ether oxygens (including phenoxy) is 2. The Morgan fingerprint density at radius 1 is 0.344 bits per heavy atom. The van der Waals surface area contributed by atoms with Gasteiger partial charge < -0.3 is 18.9 Å². The fraction of sp³-hybridized carbons (Fsp3) is 0.575. The van der Waals surface area contributed by atoms with Crippen molar-refractivity contribution in [3.63, 3.8) is 0 Å². The zero-order chi connectivity index (χ0) is 65.5. The lowest BCUT2D eigenvalue weighted by molar-refractivity contribution is -0.870. The topological polar surface area (TPSA) is 108 Å². The highest BCUT2D eigenvalue weighted by atomic mass is 31.2. The van der Waals surface area contributed by atoms with E-state index in [0.717, 1.165) is 167 Å². The molecule has 0 aromatic rings. The number of quaternary nitrogens is 1. The van der Waals surface area contributed by atoms with Crippen molar-refractivity contribution < 1.29 is 42.1 Å². The zero-order valence-corrected chi connectivity index (χ0v) is 58.4. The van der Waals surface area contributed by atoms with Gasteiger partial charge in [0.05, 0.1) is 27.7 Å². The van der Waals surface area contributed by atoms with Gasteiger partial charge in [-0.3, -0.25) is 18.6 Å². The van der Waals surface area contributed by atoms with Gasteiger partial charge in [-0.1, -0.05) is 285 Å². The van der Waals surface area contributed by atoms with Gasteiger partial charge in [-0.2, -0.15) is 0 Å². The molecule has 0 aliphatic carbocycles. The zero-order valence-electron chi connectivity index (χ0n) is 57.5. The molecule has 0 aromatic carbocycles. The molecular weight excluding hydrogens is 1130 g/mol. The Kier molecular flexibility index (Phi) is 64.3. The van der Waals surface area contributed by atoms with Crippen molar-refractivity contribution in [1.29, 1.82) is 0 Å². The van der Waals surface area contributed by atoms with Crippen LogP contribution in [-0.2, 0) is 32.7 Å². The second-order valence-corrected chi connectivity index (χ2v) is 25.3. The van der Waals surface area contributed by atoms with Crippen LogP contribution in [0.5, 0.6) is 0 Å². The molecule has 0 aliphatic heterocycles. The van der Waals surface area contributed by atoms with Crippen molar-refractivity contribution in [2.75, 3.05) is 47.5 Å². The van der Waals surface area contributed by atoms with E-state index in [4.69, 9.17) is 18.5 Å². The molecule has 506 valence electrons. The number of phosphoric acid groups is 1. The predicted octanol–water partition coefficient (Wildman–Crippen LogP) is 23.3. The molecule has 0 fully saturated rings. The highest BCUT2D eigenvalue weighted by molar-refractivity contribution is 7.47. The number of hydrogen-bond donors (Lipinski definition) is 1. The Labute approximate surface area is 552 Å². The van der Waals surface area contributed by atoms with Crippen LogP contribution in [0.2, 0.25) is 0 Å². The minimum absolute atomic E-state index is 0.0178. The Morgan fingerprint density at radius 3 is 0.889 bits per heavy atom. The molecule has 1 N–H and O–H groups in total. The highest BCUT2D eigenvalue weighted by Gasteiger charge is 2.27. The average molecular weight is 1260 g/mol. The quantitative estimate of drug-likeness (QED) is 0.0211. The molecule has 0 aliphatic rings. The third kappa shape index (κ3) is 71.9. The predicted molar refractivity (Wildman–Crippen MR) is 389 cm³/mol. The number of likely N-dealkylation sites (N-methyl/N-ethyl adjacent to an activating group) is 1. The molecule has 9 nitrogen and oxygen atoms in total. The first-order valence-electron chi connectivity index (χ1n) is 35.2. The third-order valence-electron chi connectivity index (χ3n) is 14.1. The van der Waals surface area contributed by atoms with Crippen LogP contribution in [0.1, 0.15) is 245 Å². The van der Waals surface area contributed by atoms with E-state index in [1.165, 1.54) is 44.9 Å². The minimum atomic E-state index is -4.41. The van der Waals surface area contributed by atoms with Gasteiger partial charge in [0.25, 0.3) is 0 Å². The maximum absolute atomic E-state index is 12.9. The van der Waals surface area contributed by atoms with E-state index in [1.807, 2.05) is 21.1 Å². The molecule has 0 heterocycles. The summed E-state index contributed by atoms with van der Waals surface area (Å²) in [6, 6.07) is 0. The van der Waals surface area contributed by atoms with Gasteiger partial charge in [-0.15, -0.1) is 0 Å². The van der Waals surface area contributed by atoms with Crippen LogP contribution in [0, 0.1) is 0 Å². The lowest BCUT2D eigenvalue weighted by Crippen LogP contribution is -2.37. The summed E-state index contributed by atoms with van der Waals surface area (Å²) in [5, 5.41) is 0. The number of hydrogen-bond acceptors (Lipinski definition) is 7. The molecule has 0 spiro atoms. The van der Waals surface area contributed by atoms with Gasteiger partial charge in [0.15, 0.2) is 6.10 Å². The van der Waals surface area contributed by atoms with E-state index in [1.54, 1.807) is 0 Å². The summed E-state index contributed by atoms with van der Waals surface area (Å²) in [7, 11) is 1.44. The van der Waals surface area contributed by atoms with Gasteiger partial charge in [-0.05, 0) is 141 Å². The van der Waals surface area contributed by atoms with E-state index >= 15 is 0 Å². The Hall–Kier alpha value is -5.15. The van der Waals surface area contributed by atoms with Crippen LogP contribution in [0.15, 0.2) is 194 Å². The summed E-state index contributed by atoms with van der Waals surface area (Å²) in [6.07, 6.45) is 107. The summed E-state index contributed by atoms with van der Waals surface area (Å²) < 4.78 is 34.7. The average Bonchev–Trinajstić information content (AvgIpc) is 3.62. The second kappa shape index (κ2) is 68.2. The van der Waals surface area contributed by atoms with Gasteiger partial charge in [0.2, 0.25) is 0 Å². The molecule has 0 bridgehead atoms. The van der Waals surface area contributed by atoms with Crippen molar-refractivity contribution in [1.82, 2.24) is 0 Å². The summed E-state index contributed by atoms with van der Waals surface area (Å²) in [6.45, 7) is 4.17. The molecule has 0 saturated carbocycles. The maximum atomic E-state index is 12.9. The highest BCUT2D eigenvalue weighted by Crippen LogP contribution is 2.43. The second-order valence-electron chi connectivity index (χ2n) is 23.8. The normalized spacial score (nSPS) is 14.3. The van der Waals surface area contributed by atoms with Crippen molar-refractivity contribution in [3.8, 4) is 0 Å². The molecule has 2 unspecified atom stereocenters. The number of carbonyl (C=O) groups is 2. The smallest absolute Gasteiger partial charge is 0.462 e. The number of carbonyl (C=O) groups excluding carboxylic acids is 2. The third-order valence-corrected chi connectivity index (χ3v) is 15.1. The van der Waals surface area contributed by atoms with Crippen molar-refractivity contribution >= 4 is 19.8 Å². The SMILES string of the molecule is CC/C=C\C/C=C\C/C=C\C/C=C\C/C=C\C/C=C\C/C=C\C/C=C\C/C=C\C/C=C\C/C=C\CCCCCCCCCC(=O)OC(COC(=O)CCCCCCCCCCC/C=C\C/C=C\C/C=C\C/C=C\C/C=C\CC)COP(=O)(O)OCC[N+](C)(C)C. The fourth-order valence-corrected chi connectivity index (χ4v) is 9.55. The number of unbranched alkanes of at least 4 members (excludes halogenated alkanes) is 16. The lowest BCUT2D eigenvalue weighted by atomic mass is 10.1. The first-order valence-corrected chi connectivity index (χ1v) is 36.7. The molecule has 90 heavy (non-hydrogen) atoms. The monoisotopic (exact) mass is 1260 g/mol. The van der Waals surface area contributed by atoms with Crippen LogP contribution in [0.25, 0.3) is 0 Å². The molecule has 0 aromatic heterocycles. The molecule has 10 heteroatoms. The first-order chi connectivity index (χ1) is 44.0. The number of esters is 2. The Balaban J connectivity index is 4.16. The van der Waals surface area contributed by atoms with Crippen LogP contribution in [0.3, 0.4) is 0 Å². The van der Waals surface area contributed by atoms with Crippen molar-refractivity contribution in [3.05, 3.63) is 194 Å². The number of nitrogens with zero attached hydrogens (tertiary/aromatic N) is 1. The van der Waals surface area contributed by atoms with Crippen molar-refractivity contribution in [2.24, 2.45) is 0 Å². The first kappa shape index (κ1) is 84.8. The van der Waals surface area contributed by atoms with Crippen LogP contribution in [0.4, 0.5) is 0 Å². The summed E-state index contributed by atoms with van der Waals surface area (Å²) in [4.78, 5) is 35.9. The van der Waals surface area contributed by atoms with Crippen LogP contribution < -0.4 is 0 Å². The molecule has 0 radical (unpaired) electrons. The van der Waals surface area contributed by atoms with E-state index < -0.39 is 26.5 Å². The van der Waals surface area contributed by atoms with Gasteiger partial charge in [-0.25, -0.2) is 4.57 Å². The Morgan fingerprint density at radius 2 is 0.600 bits per heavy atom. The molecule has 0 saturated heterocycles. The minimum Gasteiger partial charge on any atom is -0.462 e. The fourth-order valence-electron chi connectivity index (χ4n) is 8.81. The largest absolute Gasteiger partial charge is 0.472 e. The van der Waals surface area contributed by atoms with E-state index in [9.17, 15) is 19.0 Å². The molecule has 2 atom stereocenters. The van der Waals surface area contributed by atoms with Gasteiger partial charge in [0.1, 0.15) is 19.8 Å². The lowest BCUT2D eigenvalue weighted by Gasteiger charge is -2.24. The number of rotatable bonds is 62. The standard InChI is InChI=1S/C80H128NO8P/c1-6-8-10-12-14-16-18-20-22-24-26-28-30-32-33-34-35-36-37-38-39-40-41-42-43-44-45-46-47-49-51-53-55-57-59-61-63-65-67-69-71-73-80(83)89-78(77-88-90(84,85)87-75-74-81(3,4)5)76-86-79(82)72-70-68-66-64-62-60-58-56-54-52-50-48-31-29-27-25-23-21-19-17-15-13-11-9-7-2/h8-11,14-17,20-23,26-29,32-33,35-36,38-39,41-42,44-45,47-50,53,55,78H,6-7,12-13,18-19,24-25,30-31,34,37,40,43,46,51-52,54,56-77H2,1-5H3/p+1/b10-8-,11-9-,16-14-,17-15-,22-20-,23-21-,28-26-,29-27-,33-32-,36-35-,39-38-,42-41-,45-44-,49-47-,50-48-,55-53-. The number of allylic oxidation sites excluding steroid dienone is 32. The van der Waals surface area contributed by atoms with E-state index in [2.05, 4.69) is 208 Å². The summed E-state index contributed by atoms with van der Waals surface area (Å²) in [5.41, 5.74) is 0. The van der Waals surface area contributed by atoms with Gasteiger partial charge >= 0.3 is 19.8 Å². The number of phosphoric ester groups is 1. The molecule has 0 amide bonds. The maximum Gasteiger partial charge on any atom is 0.472 e. The van der Waals surface area contributed by atoms with E-state index in [-0.39, 0.29) is 32.0 Å². The summed E-state index contributed by atoms with van der Waals surface area (Å²) in [5.74, 6) is -0.830. The van der Waals surface area contributed by atoms with Crippen LogP contribution in [-0.4, -0.2) is 74.9 Å². The van der Waals surface area contributed by atoms with Crippen molar-refractivity contribution in [2.45, 2.75) is 251 Å². The molecule has 0 rings (SSSR count). The van der Waals surface area contributed by atoms with Crippen LogP contribution >= 0.6 is 7.82 Å². The van der Waals surface area contributed by atoms with Gasteiger partial charge in [0, 0.05) is 12.8 Å². The Bertz CT molecular complexity index is 2220. The molecular formula is C80H129NO8P+. The van der Waals surface area contributed by atoms with E-state index in [0.29, 0.717) is 17.4 Å². The summed E-state index contributed by atoms with van der Waals surface area (Å²) >= 11 is 0.